The molecule has 0 saturated carbocycles. The Labute approximate surface area is 187 Å². The van der Waals surface area contributed by atoms with E-state index in [1.807, 2.05) is 59.2 Å². The Morgan fingerprint density at radius 2 is 2.03 bits per heavy atom. The number of nitriles is 1. The van der Waals surface area contributed by atoms with Gasteiger partial charge in [-0.1, -0.05) is 42.1 Å². The van der Waals surface area contributed by atoms with E-state index in [4.69, 9.17) is 10.00 Å². The zero-order valence-electron chi connectivity index (χ0n) is 16.5. The van der Waals surface area contributed by atoms with Crippen LogP contribution in [-0.2, 0) is 4.79 Å². The van der Waals surface area contributed by atoms with Crippen molar-refractivity contribution in [1.29, 1.82) is 5.26 Å². The molecule has 1 amide bonds. The summed E-state index contributed by atoms with van der Waals surface area (Å²) < 4.78 is 7.25. The molecule has 0 spiro atoms. The van der Waals surface area contributed by atoms with E-state index in [-0.39, 0.29) is 11.7 Å². The summed E-state index contributed by atoms with van der Waals surface area (Å²) in [6, 6.07) is 21.1. The fourth-order valence-electron chi connectivity index (χ4n) is 2.91. The standard InChI is InChI=1S/C22H17N5O2S2/c1-29-18-9-5-6-15(12-18)20-25-26-22(27(20)17-7-3-2-4-8-17)31-14-19(28)24-21-16(13-23)10-11-30-21/h2-12H,14H2,1H3,(H,24,28). The minimum atomic E-state index is -0.213. The maximum Gasteiger partial charge on any atom is 0.235 e. The molecule has 4 aromatic rings. The minimum Gasteiger partial charge on any atom is -0.497 e. The average molecular weight is 448 g/mol. The number of ether oxygens (including phenoxy) is 1. The number of nitrogens with one attached hydrogen (secondary N) is 1. The molecule has 4 rings (SSSR count). The van der Waals surface area contributed by atoms with Crippen LogP contribution >= 0.6 is 23.1 Å². The van der Waals surface area contributed by atoms with E-state index in [9.17, 15) is 4.79 Å². The van der Waals surface area contributed by atoms with E-state index in [1.165, 1.54) is 23.1 Å². The molecule has 2 heterocycles. The number of anilines is 1. The van der Waals surface area contributed by atoms with Crippen LogP contribution in [0.2, 0.25) is 0 Å². The van der Waals surface area contributed by atoms with Gasteiger partial charge in [0.1, 0.15) is 16.8 Å². The highest BCUT2D eigenvalue weighted by molar-refractivity contribution is 7.99. The Hall–Kier alpha value is -3.61. The third kappa shape index (κ3) is 4.60. The Morgan fingerprint density at radius 3 is 2.81 bits per heavy atom. The summed E-state index contributed by atoms with van der Waals surface area (Å²) in [6.07, 6.45) is 0. The number of amides is 1. The highest BCUT2D eigenvalue weighted by Crippen LogP contribution is 2.30. The Kier molecular flexibility index (Phi) is 6.31. The van der Waals surface area contributed by atoms with Crippen molar-refractivity contribution in [2.24, 2.45) is 0 Å². The van der Waals surface area contributed by atoms with Gasteiger partial charge in [-0.2, -0.15) is 5.26 Å². The molecule has 1 N–H and O–H groups in total. The van der Waals surface area contributed by atoms with Crippen LogP contribution in [0, 0.1) is 11.3 Å². The normalized spacial score (nSPS) is 10.5. The summed E-state index contributed by atoms with van der Waals surface area (Å²) in [5.74, 6) is 1.29. The number of thiophene rings is 1. The van der Waals surface area contributed by atoms with Crippen LogP contribution in [0.4, 0.5) is 5.00 Å². The zero-order chi connectivity index (χ0) is 21.6. The molecule has 0 aliphatic rings. The lowest BCUT2D eigenvalue weighted by molar-refractivity contribution is -0.113. The van der Waals surface area contributed by atoms with Crippen LogP contribution in [-0.4, -0.2) is 33.5 Å². The molecule has 2 aromatic heterocycles. The van der Waals surface area contributed by atoms with Gasteiger partial charge in [-0.15, -0.1) is 21.5 Å². The van der Waals surface area contributed by atoms with Gasteiger partial charge in [-0.25, -0.2) is 0 Å². The lowest BCUT2D eigenvalue weighted by Crippen LogP contribution is -2.14. The van der Waals surface area contributed by atoms with Crippen molar-refractivity contribution in [1.82, 2.24) is 14.8 Å². The summed E-state index contributed by atoms with van der Waals surface area (Å²) >= 11 is 2.60. The molecule has 9 heteroatoms. The van der Waals surface area contributed by atoms with Crippen LogP contribution in [0.5, 0.6) is 5.75 Å². The highest BCUT2D eigenvalue weighted by atomic mass is 32.2. The highest BCUT2D eigenvalue weighted by Gasteiger charge is 2.18. The topological polar surface area (TPSA) is 92.8 Å². The minimum absolute atomic E-state index is 0.131. The number of carbonyl (C=O) groups excluding carboxylic acids is 1. The molecule has 0 fully saturated rings. The van der Waals surface area contributed by atoms with Gasteiger partial charge in [0.05, 0.1) is 18.4 Å². The second-order valence-electron chi connectivity index (χ2n) is 6.32. The number of thioether (sulfide) groups is 1. The van der Waals surface area contributed by atoms with Crippen LogP contribution < -0.4 is 10.1 Å². The second-order valence-corrected chi connectivity index (χ2v) is 8.18. The fourth-order valence-corrected chi connectivity index (χ4v) is 4.41. The van der Waals surface area contributed by atoms with Crippen molar-refractivity contribution in [3.8, 4) is 28.9 Å². The third-order valence-corrected chi connectivity index (χ3v) is 6.11. The van der Waals surface area contributed by atoms with E-state index < -0.39 is 0 Å². The summed E-state index contributed by atoms with van der Waals surface area (Å²) in [5.41, 5.74) is 2.19. The van der Waals surface area contributed by atoms with Gasteiger partial charge in [-0.3, -0.25) is 9.36 Å². The molecule has 7 nitrogen and oxygen atoms in total. The monoisotopic (exact) mass is 447 g/mol. The van der Waals surface area contributed by atoms with Crippen molar-refractivity contribution in [3.63, 3.8) is 0 Å². The lowest BCUT2D eigenvalue weighted by atomic mass is 10.2. The van der Waals surface area contributed by atoms with Crippen LogP contribution in [0.15, 0.2) is 71.2 Å². The Morgan fingerprint density at radius 1 is 1.19 bits per heavy atom. The van der Waals surface area contributed by atoms with E-state index in [0.29, 0.717) is 21.5 Å². The van der Waals surface area contributed by atoms with E-state index in [0.717, 1.165) is 17.0 Å². The molecule has 154 valence electrons. The second kappa shape index (κ2) is 9.47. The first-order valence-corrected chi connectivity index (χ1v) is 11.1. The zero-order valence-corrected chi connectivity index (χ0v) is 18.1. The quantitative estimate of drug-likeness (QED) is 0.416. The number of carbonyl (C=O) groups is 1. The maximum atomic E-state index is 12.5. The van der Waals surface area contributed by atoms with Gasteiger partial charge in [0.15, 0.2) is 11.0 Å². The number of nitrogens with zero attached hydrogens (tertiary/aromatic N) is 4. The van der Waals surface area contributed by atoms with Crippen molar-refractivity contribution in [2.75, 3.05) is 18.2 Å². The van der Waals surface area contributed by atoms with Crippen LogP contribution in [0.25, 0.3) is 17.1 Å². The molecular weight excluding hydrogens is 430 g/mol. The Bertz CT molecular complexity index is 1240. The molecule has 0 bridgehead atoms. The SMILES string of the molecule is COc1cccc(-c2nnc(SCC(=O)Nc3sccc3C#N)n2-c2ccccc2)c1. The third-order valence-electron chi connectivity index (χ3n) is 4.35. The van der Waals surface area contributed by atoms with Crippen molar-refractivity contribution in [2.45, 2.75) is 5.16 Å². The Balaban J connectivity index is 1.61. The van der Waals surface area contributed by atoms with Gasteiger partial charge in [0.25, 0.3) is 0 Å². The number of methoxy groups -OCH3 is 1. The summed E-state index contributed by atoms with van der Waals surface area (Å²) in [7, 11) is 1.62. The average Bonchev–Trinajstić information content (AvgIpc) is 3.45. The molecule has 31 heavy (non-hydrogen) atoms. The van der Waals surface area contributed by atoms with Gasteiger partial charge < -0.3 is 10.1 Å². The van der Waals surface area contributed by atoms with E-state index >= 15 is 0 Å². The largest absolute Gasteiger partial charge is 0.497 e. The maximum absolute atomic E-state index is 12.5. The summed E-state index contributed by atoms with van der Waals surface area (Å²) in [5, 5.41) is 23.5. The molecule has 0 aliphatic heterocycles. The lowest BCUT2D eigenvalue weighted by Gasteiger charge is -2.11. The fraction of sp³-hybridized carbons (Fsp3) is 0.0909. The molecule has 2 aromatic carbocycles. The first kappa shape index (κ1) is 20.7. The summed E-state index contributed by atoms with van der Waals surface area (Å²) in [6.45, 7) is 0. The molecule has 0 radical (unpaired) electrons. The number of aromatic nitrogens is 3. The number of hydrogen-bond donors (Lipinski definition) is 1. The molecular formula is C22H17N5O2S2. The van der Waals surface area contributed by atoms with Crippen LogP contribution in [0.1, 0.15) is 5.56 Å². The molecule has 0 unspecified atom stereocenters. The van der Waals surface area contributed by atoms with Gasteiger partial charge >= 0.3 is 0 Å². The van der Waals surface area contributed by atoms with Crippen LogP contribution in [0.3, 0.4) is 0 Å². The first-order valence-electron chi connectivity index (χ1n) is 9.25. The predicted molar refractivity (Wildman–Crippen MR) is 122 cm³/mol. The first-order chi connectivity index (χ1) is 15.2. The number of benzene rings is 2. The number of hydrogen-bond acceptors (Lipinski definition) is 7. The van der Waals surface area contributed by atoms with Crippen molar-refractivity contribution < 1.29 is 9.53 Å². The van der Waals surface area contributed by atoms with Crippen molar-refractivity contribution >= 4 is 34.0 Å². The molecule has 0 saturated heterocycles. The van der Waals surface area contributed by atoms with Crippen molar-refractivity contribution in [3.05, 3.63) is 71.6 Å². The molecule has 0 atom stereocenters. The van der Waals surface area contributed by atoms with Gasteiger partial charge in [-0.05, 0) is 35.7 Å². The van der Waals surface area contributed by atoms with E-state index in [2.05, 4.69) is 21.6 Å². The number of rotatable bonds is 7. The van der Waals surface area contributed by atoms with Gasteiger partial charge in [0, 0.05) is 11.3 Å². The smallest absolute Gasteiger partial charge is 0.235 e. The number of para-hydroxylation sites is 1. The van der Waals surface area contributed by atoms with E-state index in [1.54, 1.807) is 18.6 Å². The molecule has 0 aliphatic carbocycles. The predicted octanol–water partition coefficient (Wildman–Crippen LogP) is 4.61. The van der Waals surface area contributed by atoms with Gasteiger partial charge in [0.2, 0.25) is 5.91 Å². The summed E-state index contributed by atoms with van der Waals surface area (Å²) in [4.78, 5) is 12.5.